The number of amides is 2. The van der Waals surface area contributed by atoms with Gasteiger partial charge in [0.1, 0.15) is 0 Å². The molecule has 0 radical (unpaired) electrons. The van der Waals surface area contributed by atoms with Crippen LogP contribution in [0.4, 0.5) is 11.4 Å². The number of nitro groups is 2. The topological polar surface area (TPSA) is 157 Å². The average Bonchev–Trinajstić information content (AvgIpc) is 2.53. The number of carbonyl (C=O) groups is 2. The van der Waals surface area contributed by atoms with E-state index >= 15 is 0 Å². The summed E-state index contributed by atoms with van der Waals surface area (Å²) in [5.41, 5.74) is 1.61. The van der Waals surface area contributed by atoms with Crippen LogP contribution in [-0.4, -0.2) is 33.9 Å². The van der Waals surface area contributed by atoms with Gasteiger partial charge in [0.25, 0.3) is 11.4 Å². The molecule has 134 valence electrons. The van der Waals surface area contributed by atoms with E-state index in [0.717, 1.165) is 18.2 Å². The molecule has 0 aromatic heterocycles. The number of hydrazone groups is 1. The van der Waals surface area contributed by atoms with Crippen LogP contribution >= 0.6 is 0 Å². The van der Waals surface area contributed by atoms with E-state index in [0.29, 0.717) is 12.3 Å². The van der Waals surface area contributed by atoms with E-state index in [9.17, 15) is 29.8 Å². The predicted molar refractivity (Wildman–Crippen MR) is 88.0 cm³/mol. The molecular formula is C14H17N5O6. The SMILES string of the molecule is CCNC(=O)C/C(C)=N\NC(=O)Cc1ccc([N+](=O)[O-])cc1[N+](=O)[O-]. The van der Waals surface area contributed by atoms with E-state index in [-0.39, 0.29) is 24.3 Å². The number of carbonyl (C=O) groups excluding carboxylic acids is 2. The van der Waals surface area contributed by atoms with Crippen LogP contribution < -0.4 is 10.7 Å². The minimum absolute atomic E-state index is 0.00575. The molecule has 1 rings (SSSR count). The Balaban J connectivity index is 2.78. The Labute approximate surface area is 142 Å². The largest absolute Gasteiger partial charge is 0.356 e. The zero-order valence-electron chi connectivity index (χ0n) is 13.6. The van der Waals surface area contributed by atoms with Gasteiger partial charge in [0.15, 0.2) is 0 Å². The van der Waals surface area contributed by atoms with Crippen molar-refractivity contribution >= 4 is 28.9 Å². The first-order valence-corrected chi connectivity index (χ1v) is 7.25. The van der Waals surface area contributed by atoms with E-state index in [4.69, 9.17) is 0 Å². The molecule has 2 N–H and O–H groups in total. The van der Waals surface area contributed by atoms with Gasteiger partial charge in [-0.25, -0.2) is 5.43 Å². The second kappa shape index (κ2) is 9.05. The smallest absolute Gasteiger partial charge is 0.279 e. The van der Waals surface area contributed by atoms with Gasteiger partial charge in [-0.3, -0.25) is 29.8 Å². The molecule has 0 spiro atoms. The summed E-state index contributed by atoms with van der Waals surface area (Å²) in [6.45, 7) is 3.79. The lowest BCUT2D eigenvalue weighted by molar-refractivity contribution is -0.394. The Morgan fingerprint density at radius 1 is 1.16 bits per heavy atom. The lowest BCUT2D eigenvalue weighted by Gasteiger charge is -2.04. The Bertz CT molecular complexity index is 730. The van der Waals surface area contributed by atoms with Crippen LogP contribution in [0.15, 0.2) is 23.3 Å². The normalized spacial score (nSPS) is 10.9. The van der Waals surface area contributed by atoms with Gasteiger partial charge in [-0.15, -0.1) is 0 Å². The predicted octanol–water partition coefficient (Wildman–Crippen LogP) is 1.06. The monoisotopic (exact) mass is 351 g/mol. The molecule has 2 amide bonds. The van der Waals surface area contributed by atoms with Crippen LogP contribution in [-0.2, 0) is 16.0 Å². The van der Waals surface area contributed by atoms with Crippen molar-refractivity contribution in [3.63, 3.8) is 0 Å². The molecule has 0 heterocycles. The molecule has 0 atom stereocenters. The first-order valence-electron chi connectivity index (χ1n) is 7.25. The Hall–Kier alpha value is -3.37. The molecule has 11 heteroatoms. The lowest BCUT2D eigenvalue weighted by atomic mass is 10.1. The second-order valence-electron chi connectivity index (χ2n) is 5.02. The summed E-state index contributed by atoms with van der Waals surface area (Å²) in [6.07, 6.45) is -0.377. The van der Waals surface area contributed by atoms with Gasteiger partial charge in [0.2, 0.25) is 11.8 Å². The summed E-state index contributed by atoms with van der Waals surface area (Å²) < 4.78 is 0. The maximum Gasteiger partial charge on any atom is 0.279 e. The summed E-state index contributed by atoms with van der Waals surface area (Å²) in [5, 5.41) is 28.0. The summed E-state index contributed by atoms with van der Waals surface area (Å²) >= 11 is 0. The first-order chi connectivity index (χ1) is 11.7. The van der Waals surface area contributed by atoms with E-state index < -0.39 is 27.1 Å². The quantitative estimate of drug-likeness (QED) is 0.405. The van der Waals surface area contributed by atoms with Gasteiger partial charge >= 0.3 is 0 Å². The number of nitrogens with one attached hydrogen (secondary N) is 2. The third-order valence-corrected chi connectivity index (χ3v) is 2.99. The number of hydrogen-bond acceptors (Lipinski definition) is 7. The van der Waals surface area contributed by atoms with Crippen molar-refractivity contribution in [1.82, 2.24) is 10.7 Å². The fraction of sp³-hybridized carbons (Fsp3) is 0.357. The highest BCUT2D eigenvalue weighted by molar-refractivity contribution is 6.00. The van der Waals surface area contributed by atoms with Crippen LogP contribution in [0, 0.1) is 20.2 Å². The number of hydrogen-bond donors (Lipinski definition) is 2. The average molecular weight is 351 g/mol. The summed E-state index contributed by atoms with van der Waals surface area (Å²) in [5.74, 6) is -0.892. The molecule has 0 fully saturated rings. The summed E-state index contributed by atoms with van der Waals surface area (Å²) in [4.78, 5) is 43.3. The van der Waals surface area contributed by atoms with Crippen molar-refractivity contribution in [2.24, 2.45) is 5.10 Å². The van der Waals surface area contributed by atoms with Crippen molar-refractivity contribution < 1.29 is 19.4 Å². The lowest BCUT2D eigenvalue weighted by Crippen LogP contribution is -2.26. The number of nitro benzene ring substituents is 2. The van der Waals surface area contributed by atoms with Crippen LogP contribution in [0.3, 0.4) is 0 Å². The maximum absolute atomic E-state index is 11.8. The van der Waals surface area contributed by atoms with Crippen LogP contribution in [0.1, 0.15) is 25.8 Å². The van der Waals surface area contributed by atoms with Crippen LogP contribution in [0.2, 0.25) is 0 Å². The molecule has 0 unspecified atom stereocenters. The third-order valence-electron chi connectivity index (χ3n) is 2.99. The summed E-state index contributed by atoms with van der Waals surface area (Å²) in [7, 11) is 0. The molecule has 1 aromatic rings. The highest BCUT2D eigenvalue weighted by atomic mass is 16.6. The third kappa shape index (κ3) is 6.33. The molecule has 0 aliphatic carbocycles. The molecule has 0 bridgehead atoms. The molecule has 0 saturated heterocycles. The van der Waals surface area contributed by atoms with Gasteiger partial charge in [0, 0.05) is 23.9 Å². The highest BCUT2D eigenvalue weighted by Crippen LogP contribution is 2.24. The van der Waals surface area contributed by atoms with E-state index in [1.807, 2.05) is 0 Å². The van der Waals surface area contributed by atoms with E-state index in [1.165, 1.54) is 0 Å². The molecular weight excluding hydrogens is 334 g/mol. The van der Waals surface area contributed by atoms with Crippen molar-refractivity contribution in [3.8, 4) is 0 Å². The van der Waals surface area contributed by atoms with Gasteiger partial charge in [-0.05, 0) is 19.9 Å². The Morgan fingerprint density at radius 3 is 2.40 bits per heavy atom. The molecule has 0 aliphatic heterocycles. The molecule has 0 aliphatic rings. The van der Waals surface area contributed by atoms with Crippen molar-refractivity contribution in [2.45, 2.75) is 26.7 Å². The fourth-order valence-corrected chi connectivity index (χ4v) is 1.89. The number of rotatable bonds is 8. The van der Waals surface area contributed by atoms with Crippen LogP contribution in [0.5, 0.6) is 0 Å². The Kier molecular flexibility index (Phi) is 7.13. The standard InChI is InChI=1S/C14H17N5O6/c1-3-15-13(20)6-9(2)16-17-14(21)7-10-4-5-11(18(22)23)8-12(10)19(24)25/h4-5,8H,3,6-7H2,1-2H3,(H,15,20)(H,17,21)/b16-9-. The zero-order chi connectivity index (χ0) is 19.0. The molecule has 11 nitrogen and oxygen atoms in total. The number of nitrogens with zero attached hydrogens (tertiary/aromatic N) is 3. The minimum Gasteiger partial charge on any atom is -0.356 e. The Morgan fingerprint density at radius 2 is 1.84 bits per heavy atom. The van der Waals surface area contributed by atoms with Gasteiger partial charge in [-0.1, -0.05) is 0 Å². The number of non-ortho nitro benzene ring substituents is 1. The van der Waals surface area contributed by atoms with E-state index in [2.05, 4.69) is 15.8 Å². The fourth-order valence-electron chi connectivity index (χ4n) is 1.89. The number of benzene rings is 1. The molecule has 1 aromatic carbocycles. The first kappa shape index (κ1) is 19.7. The molecule has 0 saturated carbocycles. The van der Waals surface area contributed by atoms with Crippen molar-refractivity contribution in [3.05, 3.63) is 44.0 Å². The van der Waals surface area contributed by atoms with E-state index in [1.54, 1.807) is 13.8 Å². The van der Waals surface area contributed by atoms with Gasteiger partial charge in [-0.2, -0.15) is 5.10 Å². The zero-order valence-corrected chi connectivity index (χ0v) is 13.6. The second-order valence-corrected chi connectivity index (χ2v) is 5.02. The summed E-state index contributed by atoms with van der Waals surface area (Å²) in [6, 6.07) is 3.03. The van der Waals surface area contributed by atoms with Crippen LogP contribution in [0.25, 0.3) is 0 Å². The molecule has 25 heavy (non-hydrogen) atoms. The van der Waals surface area contributed by atoms with Crippen molar-refractivity contribution in [1.29, 1.82) is 0 Å². The minimum atomic E-state index is -0.792. The maximum atomic E-state index is 11.8. The van der Waals surface area contributed by atoms with Gasteiger partial charge < -0.3 is 5.32 Å². The highest BCUT2D eigenvalue weighted by Gasteiger charge is 2.21. The van der Waals surface area contributed by atoms with Gasteiger partial charge in [0.05, 0.1) is 28.8 Å². The van der Waals surface area contributed by atoms with Crippen molar-refractivity contribution in [2.75, 3.05) is 6.54 Å².